The maximum absolute atomic E-state index is 12.9. The smallest absolute Gasteiger partial charge is 0.410 e. The lowest BCUT2D eigenvalue weighted by molar-refractivity contribution is -0.0522. The third-order valence-electron chi connectivity index (χ3n) is 6.73. The topological polar surface area (TPSA) is 48.0 Å². The van der Waals surface area contributed by atoms with Crippen molar-refractivity contribution in [3.05, 3.63) is 23.3 Å². The molecule has 27 heavy (non-hydrogen) atoms. The molecule has 0 aromatic heterocycles. The minimum atomic E-state index is -0.495. The Hall–Kier alpha value is -1.91. The van der Waals surface area contributed by atoms with E-state index in [2.05, 4.69) is 32.9 Å². The first-order valence-electron chi connectivity index (χ1n) is 9.69. The van der Waals surface area contributed by atoms with Gasteiger partial charge in [0.25, 0.3) is 0 Å². The molecule has 1 fully saturated rings. The Balaban J connectivity index is 2.06. The summed E-state index contributed by atoms with van der Waals surface area (Å²) in [6.45, 7) is 13.3. The second-order valence-corrected chi connectivity index (χ2v) is 9.56. The van der Waals surface area contributed by atoms with Crippen molar-refractivity contribution in [1.29, 1.82) is 0 Å². The molecular formula is C22H33NO4. The van der Waals surface area contributed by atoms with Crippen molar-refractivity contribution in [1.82, 2.24) is 4.90 Å². The molecule has 0 radical (unpaired) electrons. The zero-order valence-corrected chi connectivity index (χ0v) is 17.9. The van der Waals surface area contributed by atoms with Crippen LogP contribution in [0.1, 0.15) is 59.1 Å². The van der Waals surface area contributed by atoms with Crippen molar-refractivity contribution >= 4 is 6.09 Å². The Morgan fingerprint density at radius 1 is 1.11 bits per heavy atom. The number of ether oxygens (including phenoxy) is 3. The number of likely N-dealkylation sites (tertiary alicyclic amines) is 1. The standard InChI is InChI=1S/C22H33NO4/c1-20(2,3)27-19(24)23-10-9-22(6)15-13-17(26-8)16(25-7)11-14(15)12-18(23)21(22,4)5/h11,13,18H,9-10,12H2,1-8H3. The van der Waals surface area contributed by atoms with Gasteiger partial charge in [0.05, 0.1) is 14.2 Å². The second kappa shape index (κ2) is 6.32. The Bertz CT molecular complexity index is 749. The van der Waals surface area contributed by atoms with Gasteiger partial charge in [0.15, 0.2) is 11.5 Å². The van der Waals surface area contributed by atoms with Crippen molar-refractivity contribution < 1.29 is 19.0 Å². The third kappa shape index (κ3) is 3.05. The SMILES string of the molecule is COc1cc2c(cc1OC)C1(C)CCN(C(=O)OC(C)(C)C)C(C2)C1(C)C. The molecule has 5 heteroatoms. The van der Waals surface area contributed by atoms with E-state index in [1.54, 1.807) is 14.2 Å². The van der Waals surface area contributed by atoms with Gasteiger partial charge in [-0.3, -0.25) is 0 Å². The molecular weight excluding hydrogens is 342 g/mol. The molecule has 1 amide bonds. The van der Waals surface area contributed by atoms with Gasteiger partial charge in [0, 0.05) is 18.0 Å². The highest BCUT2D eigenvalue weighted by molar-refractivity contribution is 5.70. The average Bonchev–Trinajstić information content (AvgIpc) is 2.55. The van der Waals surface area contributed by atoms with Crippen LogP contribution in [0.3, 0.4) is 0 Å². The summed E-state index contributed by atoms with van der Waals surface area (Å²) in [5.41, 5.74) is 1.90. The molecule has 3 rings (SSSR count). The van der Waals surface area contributed by atoms with Gasteiger partial charge < -0.3 is 19.1 Å². The lowest BCUT2D eigenvalue weighted by Gasteiger charge is -2.60. The number of nitrogens with zero attached hydrogens (tertiary/aromatic N) is 1. The van der Waals surface area contributed by atoms with E-state index in [1.165, 1.54) is 11.1 Å². The maximum atomic E-state index is 12.9. The largest absolute Gasteiger partial charge is 0.493 e. The van der Waals surface area contributed by atoms with Gasteiger partial charge >= 0.3 is 6.09 Å². The molecule has 2 aliphatic rings. The Kier molecular flexibility index (Phi) is 4.64. The van der Waals surface area contributed by atoms with Gasteiger partial charge in [0.2, 0.25) is 0 Å². The summed E-state index contributed by atoms with van der Waals surface area (Å²) in [6, 6.07) is 4.29. The third-order valence-corrected chi connectivity index (χ3v) is 6.73. The van der Waals surface area contributed by atoms with Gasteiger partial charge in [-0.15, -0.1) is 0 Å². The number of hydrogen-bond donors (Lipinski definition) is 0. The molecule has 150 valence electrons. The summed E-state index contributed by atoms with van der Waals surface area (Å²) in [4.78, 5) is 14.8. The van der Waals surface area contributed by atoms with Crippen LogP contribution < -0.4 is 9.47 Å². The molecule has 2 unspecified atom stereocenters. The van der Waals surface area contributed by atoms with Crippen LogP contribution in [-0.4, -0.2) is 43.4 Å². The predicted molar refractivity (Wildman–Crippen MR) is 106 cm³/mol. The van der Waals surface area contributed by atoms with Crippen LogP contribution in [-0.2, 0) is 16.6 Å². The van der Waals surface area contributed by atoms with Gasteiger partial charge in [0.1, 0.15) is 5.60 Å². The summed E-state index contributed by atoms with van der Waals surface area (Å²) in [5, 5.41) is 0. The van der Waals surface area contributed by atoms with Crippen LogP contribution in [0.4, 0.5) is 4.79 Å². The molecule has 5 nitrogen and oxygen atoms in total. The monoisotopic (exact) mass is 375 g/mol. The number of amides is 1. The lowest BCUT2D eigenvalue weighted by Crippen LogP contribution is -2.65. The fraction of sp³-hybridized carbons (Fsp3) is 0.682. The number of fused-ring (bicyclic) bond motifs is 4. The molecule has 2 atom stereocenters. The summed E-state index contributed by atoms with van der Waals surface area (Å²) in [7, 11) is 3.33. The highest BCUT2D eigenvalue weighted by atomic mass is 16.6. The van der Waals surface area contributed by atoms with Crippen molar-refractivity contribution in [2.24, 2.45) is 5.41 Å². The van der Waals surface area contributed by atoms with Crippen LogP contribution in [0, 0.1) is 5.41 Å². The van der Waals surface area contributed by atoms with E-state index in [1.807, 2.05) is 25.7 Å². The normalized spacial score (nSPS) is 26.2. The Morgan fingerprint density at radius 2 is 1.70 bits per heavy atom. The maximum Gasteiger partial charge on any atom is 0.410 e. The van der Waals surface area contributed by atoms with E-state index in [4.69, 9.17) is 14.2 Å². The van der Waals surface area contributed by atoms with E-state index in [0.29, 0.717) is 6.54 Å². The highest BCUT2D eigenvalue weighted by Gasteiger charge is 2.57. The van der Waals surface area contributed by atoms with Gasteiger partial charge in [-0.05, 0) is 62.3 Å². The molecule has 1 heterocycles. The van der Waals surface area contributed by atoms with Crippen molar-refractivity contribution in [3.63, 3.8) is 0 Å². The summed E-state index contributed by atoms with van der Waals surface area (Å²) >= 11 is 0. The molecule has 0 spiro atoms. The van der Waals surface area contributed by atoms with Gasteiger partial charge in [-0.2, -0.15) is 0 Å². The number of piperidine rings is 1. The molecule has 1 aliphatic heterocycles. The number of carbonyl (C=O) groups is 1. The van der Waals surface area contributed by atoms with E-state index >= 15 is 0 Å². The molecule has 1 aromatic rings. The van der Waals surface area contributed by atoms with E-state index in [-0.39, 0.29) is 23.0 Å². The summed E-state index contributed by atoms with van der Waals surface area (Å²) < 4.78 is 16.8. The number of methoxy groups -OCH3 is 2. The average molecular weight is 376 g/mol. The van der Waals surface area contributed by atoms with Crippen molar-refractivity contribution in [2.45, 2.75) is 71.4 Å². The zero-order chi connectivity index (χ0) is 20.2. The predicted octanol–water partition coefficient (Wildman–Crippen LogP) is 4.55. The quantitative estimate of drug-likeness (QED) is 0.761. The van der Waals surface area contributed by atoms with E-state index in [0.717, 1.165) is 24.3 Å². The second-order valence-electron chi connectivity index (χ2n) is 9.56. The number of rotatable bonds is 2. The molecule has 2 bridgehead atoms. The van der Waals surface area contributed by atoms with Crippen LogP contribution in [0.25, 0.3) is 0 Å². The van der Waals surface area contributed by atoms with Crippen LogP contribution >= 0.6 is 0 Å². The number of carbonyl (C=O) groups excluding carboxylic acids is 1. The Labute approximate surface area is 163 Å². The van der Waals surface area contributed by atoms with Crippen LogP contribution in [0.5, 0.6) is 11.5 Å². The van der Waals surface area contributed by atoms with Gasteiger partial charge in [-0.1, -0.05) is 20.8 Å². The fourth-order valence-corrected chi connectivity index (χ4v) is 4.78. The highest BCUT2D eigenvalue weighted by Crippen LogP contribution is 2.57. The molecule has 1 aliphatic carbocycles. The molecule has 1 saturated heterocycles. The van der Waals surface area contributed by atoms with E-state index in [9.17, 15) is 4.79 Å². The first kappa shape index (κ1) is 19.8. The number of hydrogen-bond acceptors (Lipinski definition) is 4. The minimum absolute atomic E-state index is 0.0523. The summed E-state index contributed by atoms with van der Waals surface area (Å²) in [6.07, 6.45) is 1.46. The number of benzene rings is 1. The first-order valence-corrected chi connectivity index (χ1v) is 9.69. The minimum Gasteiger partial charge on any atom is -0.493 e. The van der Waals surface area contributed by atoms with Crippen LogP contribution in [0.15, 0.2) is 12.1 Å². The van der Waals surface area contributed by atoms with Crippen molar-refractivity contribution in [3.8, 4) is 11.5 Å². The fourth-order valence-electron chi connectivity index (χ4n) is 4.78. The van der Waals surface area contributed by atoms with Crippen LogP contribution in [0.2, 0.25) is 0 Å². The first-order chi connectivity index (χ1) is 12.4. The molecule has 1 aromatic carbocycles. The summed E-state index contributed by atoms with van der Waals surface area (Å²) in [5.74, 6) is 1.50. The van der Waals surface area contributed by atoms with Crippen molar-refractivity contribution in [2.75, 3.05) is 20.8 Å². The van der Waals surface area contributed by atoms with Gasteiger partial charge in [-0.25, -0.2) is 4.79 Å². The lowest BCUT2D eigenvalue weighted by atomic mass is 9.51. The Morgan fingerprint density at radius 3 is 2.26 bits per heavy atom. The zero-order valence-electron chi connectivity index (χ0n) is 17.9. The molecule has 0 saturated carbocycles. The molecule has 0 N–H and O–H groups in total. The van der Waals surface area contributed by atoms with E-state index < -0.39 is 5.60 Å².